The minimum absolute atomic E-state index is 0.0365. The van der Waals surface area contributed by atoms with E-state index < -0.39 is 0 Å². The molecule has 0 saturated carbocycles. The van der Waals surface area contributed by atoms with Crippen LogP contribution in [0, 0.1) is 11.8 Å². The van der Waals surface area contributed by atoms with Gasteiger partial charge in [-0.3, -0.25) is 24.1 Å². The Balaban J connectivity index is 2.00. The van der Waals surface area contributed by atoms with Gasteiger partial charge in [0.1, 0.15) is 0 Å². The highest BCUT2D eigenvalue weighted by molar-refractivity contribution is 6.03. The van der Waals surface area contributed by atoms with Crippen LogP contribution >= 0.6 is 0 Å². The molecule has 1 heterocycles. The summed E-state index contributed by atoms with van der Waals surface area (Å²) in [6.45, 7) is 7.82. The number of imide groups is 1. The number of likely N-dealkylation sites (tertiary alicyclic amines) is 1. The molecule has 1 rings (SSSR count). The van der Waals surface area contributed by atoms with E-state index in [1.807, 2.05) is 20.8 Å². The summed E-state index contributed by atoms with van der Waals surface area (Å²) in [5, 5.41) is 5.77. The predicted molar refractivity (Wildman–Crippen MR) is 113 cm³/mol. The Kier molecular flexibility index (Phi) is 12.2. The van der Waals surface area contributed by atoms with Crippen LogP contribution in [0.15, 0.2) is 0 Å². The van der Waals surface area contributed by atoms with Gasteiger partial charge in [0, 0.05) is 44.8 Å². The monoisotopic (exact) mass is 409 g/mol. The summed E-state index contributed by atoms with van der Waals surface area (Å²) in [6, 6.07) is 0. The van der Waals surface area contributed by atoms with Crippen molar-refractivity contribution in [2.45, 2.75) is 85.0 Å². The van der Waals surface area contributed by atoms with Crippen molar-refractivity contribution < 1.29 is 19.2 Å². The van der Waals surface area contributed by atoms with Crippen molar-refractivity contribution in [1.29, 1.82) is 0 Å². The fourth-order valence-electron chi connectivity index (χ4n) is 3.45. The fourth-order valence-corrected chi connectivity index (χ4v) is 3.45. The van der Waals surface area contributed by atoms with Crippen LogP contribution in [0.25, 0.3) is 0 Å². The normalized spacial score (nSPS) is 16.6. The molecule has 1 fully saturated rings. The molecular weight excluding hydrogens is 370 g/mol. The molecule has 1 aliphatic heterocycles. The molecule has 1 unspecified atom stereocenters. The number of unbranched alkanes of at least 4 members (excludes halogenated alkanes) is 4. The van der Waals surface area contributed by atoms with Crippen molar-refractivity contribution in [2.24, 2.45) is 11.8 Å². The highest BCUT2D eigenvalue weighted by Gasteiger charge is 2.39. The second-order valence-electron chi connectivity index (χ2n) is 8.26. The van der Waals surface area contributed by atoms with Crippen LogP contribution in [0.2, 0.25) is 0 Å². The summed E-state index contributed by atoms with van der Waals surface area (Å²) < 4.78 is 0. The van der Waals surface area contributed by atoms with E-state index in [9.17, 15) is 19.2 Å². The molecule has 7 heteroatoms. The van der Waals surface area contributed by atoms with Gasteiger partial charge in [0.15, 0.2) is 0 Å². The van der Waals surface area contributed by atoms with Gasteiger partial charge in [0.05, 0.1) is 0 Å². The predicted octanol–water partition coefficient (Wildman–Crippen LogP) is 2.78. The van der Waals surface area contributed by atoms with Gasteiger partial charge < -0.3 is 10.6 Å². The molecule has 1 saturated heterocycles. The van der Waals surface area contributed by atoms with E-state index in [2.05, 4.69) is 10.6 Å². The van der Waals surface area contributed by atoms with Crippen LogP contribution in [-0.4, -0.2) is 48.2 Å². The average molecular weight is 410 g/mol. The molecule has 1 atom stereocenters. The summed E-state index contributed by atoms with van der Waals surface area (Å²) in [5.41, 5.74) is 0. The molecule has 7 nitrogen and oxygen atoms in total. The fraction of sp³-hybridized carbons (Fsp3) is 0.818. The Labute approximate surface area is 175 Å². The number of rotatable bonds is 15. The van der Waals surface area contributed by atoms with Gasteiger partial charge in [-0.1, -0.05) is 33.6 Å². The summed E-state index contributed by atoms with van der Waals surface area (Å²) in [7, 11) is 0. The van der Waals surface area contributed by atoms with Crippen LogP contribution in [0.5, 0.6) is 0 Å². The Morgan fingerprint density at radius 1 is 0.931 bits per heavy atom. The average Bonchev–Trinajstić information content (AvgIpc) is 2.97. The lowest BCUT2D eigenvalue weighted by molar-refractivity contribution is -0.139. The Morgan fingerprint density at radius 2 is 1.52 bits per heavy atom. The van der Waals surface area contributed by atoms with E-state index in [0.29, 0.717) is 32.4 Å². The molecule has 29 heavy (non-hydrogen) atoms. The standard InChI is InChI=1S/C22H39N3O4/c1-4-13-23-19(26)11-7-5-9-14-24-20(27)12-8-6-10-15-25-21(28)16-18(17(2)3)22(25)29/h17-18H,4-16H2,1-3H3,(H,23,26)(H,24,27). The highest BCUT2D eigenvalue weighted by atomic mass is 16.2. The van der Waals surface area contributed by atoms with Gasteiger partial charge in [0.2, 0.25) is 23.6 Å². The smallest absolute Gasteiger partial charge is 0.233 e. The second-order valence-corrected chi connectivity index (χ2v) is 8.26. The molecule has 0 aromatic rings. The number of hydrogen-bond donors (Lipinski definition) is 2. The topological polar surface area (TPSA) is 95.6 Å². The van der Waals surface area contributed by atoms with Gasteiger partial charge in [0.25, 0.3) is 0 Å². The quantitative estimate of drug-likeness (QED) is 0.321. The number of carbonyl (C=O) groups excluding carboxylic acids is 4. The van der Waals surface area contributed by atoms with Crippen molar-refractivity contribution in [1.82, 2.24) is 15.5 Å². The largest absolute Gasteiger partial charge is 0.356 e. The third-order valence-electron chi connectivity index (χ3n) is 5.34. The molecule has 0 radical (unpaired) electrons. The van der Waals surface area contributed by atoms with Crippen LogP contribution < -0.4 is 10.6 Å². The minimum atomic E-state index is -0.168. The van der Waals surface area contributed by atoms with Crippen LogP contribution in [0.1, 0.15) is 85.0 Å². The first kappa shape index (κ1) is 25.1. The number of hydrogen-bond acceptors (Lipinski definition) is 4. The second kappa shape index (κ2) is 14.1. The SMILES string of the molecule is CCCNC(=O)CCCCCNC(=O)CCCCCN1C(=O)CC(C(C)C)C1=O. The first-order valence-corrected chi connectivity index (χ1v) is 11.2. The summed E-state index contributed by atoms with van der Waals surface area (Å²) in [5.74, 6) is 0.0732. The summed E-state index contributed by atoms with van der Waals surface area (Å²) >= 11 is 0. The maximum Gasteiger partial charge on any atom is 0.233 e. The molecule has 0 aromatic heterocycles. The lowest BCUT2D eigenvalue weighted by Gasteiger charge is -2.16. The number of carbonyl (C=O) groups is 4. The molecular formula is C22H39N3O4. The highest BCUT2D eigenvalue weighted by Crippen LogP contribution is 2.26. The maximum absolute atomic E-state index is 12.2. The van der Waals surface area contributed by atoms with Crippen LogP contribution in [0.3, 0.4) is 0 Å². The van der Waals surface area contributed by atoms with Crippen molar-refractivity contribution in [3.05, 3.63) is 0 Å². The maximum atomic E-state index is 12.2. The van der Waals surface area contributed by atoms with Crippen LogP contribution in [0.4, 0.5) is 0 Å². The van der Waals surface area contributed by atoms with E-state index in [-0.39, 0.29) is 35.5 Å². The summed E-state index contributed by atoms with van der Waals surface area (Å²) in [4.78, 5) is 48.9. The molecule has 0 spiro atoms. The first-order valence-electron chi connectivity index (χ1n) is 11.2. The zero-order chi connectivity index (χ0) is 21.6. The van der Waals surface area contributed by atoms with Gasteiger partial charge >= 0.3 is 0 Å². The van der Waals surface area contributed by atoms with Crippen LogP contribution in [-0.2, 0) is 19.2 Å². The lowest BCUT2D eigenvalue weighted by Crippen LogP contribution is -2.32. The van der Waals surface area contributed by atoms with Gasteiger partial charge in [-0.2, -0.15) is 0 Å². The summed E-state index contributed by atoms with van der Waals surface area (Å²) in [6.07, 6.45) is 7.28. The molecule has 4 amide bonds. The number of amides is 4. The molecule has 0 bridgehead atoms. The third-order valence-corrected chi connectivity index (χ3v) is 5.34. The third kappa shape index (κ3) is 9.90. The molecule has 1 aliphatic rings. The van der Waals surface area contributed by atoms with Gasteiger partial charge in [-0.15, -0.1) is 0 Å². The molecule has 0 aliphatic carbocycles. The van der Waals surface area contributed by atoms with Crippen molar-refractivity contribution >= 4 is 23.6 Å². The van der Waals surface area contributed by atoms with Crippen molar-refractivity contribution in [3.63, 3.8) is 0 Å². The Morgan fingerprint density at radius 3 is 2.07 bits per heavy atom. The van der Waals surface area contributed by atoms with E-state index >= 15 is 0 Å². The van der Waals surface area contributed by atoms with Crippen molar-refractivity contribution in [2.75, 3.05) is 19.6 Å². The first-order chi connectivity index (χ1) is 13.9. The van der Waals surface area contributed by atoms with E-state index in [4.69, 9.17) is 0 Å². The lowest BCUT2D eigenvalue weighted by atomic mass is 9.94. The van der Waals surface area contributed by atoms with E-state index in [0.717, 1.165) is 51.5 Å². The Hall–Kier alpha value is -1.92. The number of nitrogens with zero attached hydrogens (tertiary/aromatic N) is 1. The number of nitrogens with one attached hydrogen (secondary N) is 2. The molecule has 0 aromatic carbocycles. The zero-order valence-corrected chi connectivity index (χ0v) is 18.4. The zero-order valence-electron chi connectivity index (χ0n) is 18.4. The van der Waals surface area contributed by atoms with Crippen molar-refractivity contribution in [3.8, 4) is 0 Å². The van der Waals surface area contributed by atoms with E-state index in [1.54, 1.807) is 0 Å². The van der Waals surface area contributed by atoms with Gasteiger partial charge in [-0.25, -0.2) is 0 Å². The van der Waals surface area contributed by atoms with Gasteiger partial charge in [-0.05, 0) is 38.0 Å². The molecule has 166 valence electrons. The minimum Gasteiger partial charge on any atom is -0.356 e. The van der Waals surface area contributed by atoms with E-state index in [1.165, 1.54) is 4.90 Å². The Bertz CT molecular complexity index is 548. The molecule has 2 N–H and O–H groups in total.